The highest BCUT2D eigenvalue weighted by Gasteiger charge is 2.07. The van der Waals surface area contributed by atoms with E-state index in [1.807, 2.05) is 18.0 Å². The number of amides is 1. The van der Waals surface area contributed by atoms with Crippen LogP contribution in [-0.2, 0) is 11.3 Å². The number of unbranched alkanes of at least 4 members (excludes halogenated alkanes) is 1. The molecule has 1 heterocycles. The number of carbonyl (C=O) groups is 1. The molecule has 1 rings (SSSR count). The van der Waals surface area contributed by atoms with Crippen molar-refractivity contribution in [2.45, 2.75) is 26.3 Å². The molecule has 0 aliphatic carbocycles. The Bertz CT molecular complexity index is 354. The molecule has 0 saturated carbocycles. The first-order valence-corrected chi connectivity index (χ1v) is 7.42. The molecule has 0 unspecified atom stereocenters. The number of nitrogens with zero attached hydrogens (tertiary/aromatic N) is 1. The second kappa shape index (κ2) is 7.84. The maximum atomic E-state index is 11.6. The molecule has 0 aliphatic heterocycles. The lowest BCUT2D eigenvalue weighted by molar-refractivity contribution is -0.122. The summed E-state index contributed by atoms with van der Waals surface area (Å²) in [5.74, 6) is 0.108. The minimum Gasteiger partial charge on any atom is -0.355 e. The lowest BCUT2D eigenvalue weighted by atomic mass is 10.3. The van der Waals surface area contributed by atoms with Gasteiger partial charge in [0, 0.05) is 18.0 Å². The van der Waals surface area contributed by atoms with Crippen molar-refractivity contribution < 1.29 is 4.79 Å². The predicted molar refractivity (Wildman–Crippen MR) is 76.3 cm³/mol. The summed E-state index contributed by atoms with van der Waals surface area (Å²) in [5, 5.41) is 2.92. The zero-order valence-corrected chi connectivity index (χ0v) is 12.7. The van der Waals surface area contributed by atoms with Crippen molar-refractivity contribution in [3.8, 4) is 0 Å². The third-order valence-corrected chi connectivity index (χ3v) is 3.93. The number of carbonyl (C=O) groups excluding carboxylic acids is 1. The molecular weight excluding hydrogens is 300 g/mol. The van der Waals surface area contributed by atoms with Crippen LogP contribution in [0.1, 0.15) is 24.6 Å². The number of halogens is 1. The smallest absolute Gasteiger partial charge is 0.234 e. The summed E-state index contributed by atoms with van der Waals surface area (Å²) in [4.78, 5) is 14.9. The van der Waals surface area contributed by atoms with Crippen molar-refractivity contribution in [1.82, 2.24) is 10.2 Å². The van der Waals surface area contributed by atoms with Crippen LogP contribution in [0.2, 0.25) is 0 Å². The average molecular weight is 319 g/mol. The minimum absolute atomic E-state index is 0.108. The first-order chi connectivity index (χ1) is 8.11. The summed E-state index contributed by atoms with van der Waals surface area (Å²) in [6.07, 6.45) is 2.16. The van der Waals surface area contributed by atoms with E-state index in [1.165, 1.54) is 4.88 Å². The van der Waals surface area contributed by atoms with Crippen LogP contribution >= 0.6 is 27.3 Å². The van der Waals surface area contributed by atoms with Gasteiger partial charge in [-0.15, -0.1) is 11.3 Å². The quantitative estimate of drug-likeness (QED) is 0.784. The SMILES string of the molecule is CCCCNC(=O)CN(C)Cc1ccc(Br)s1. The van der Waals surface area contributed by atoms with Crippen molar-refractivity contribution in [3.05, 3.63) is 20.8 Å². The molecule has 0 saturated heterocycles. The van der Waals surface area contributed by atoms with Crippen molar-refractivity contribution in [2.75, 3.05) is 20.1 Å². The van der Waals surface area contributed by atoms with Crippen LogP contribution in [0, 0.1) is 0 Å². The first-order valence-electron chi connectivity index (χ1n) is 5.81. The van der Waals surface area contributed by atoms with E-state index >= 15 is 0 Å². The Hall–Kier alpha value is -0.390. The second-order valence-corrected chi connectivity index (χ2v) is 6.63. The summed E-state index contributed by atoms with van der Waals surface area (Å²) in [6.45, 7) is 4.18. The Morgan fingerprint density at radius 2 is 2.29 bits per heavy atom. The Morgan fingerprint density at radius 1 is 1.53 bits per heavy atom. The molecule has 0 aliphatic rings. The number of nitrogens with one attached hydrogen (secondary N) is 1. The van der Waals surface area contributed by atoms with E-state index < -0.39 is 0 Å². The van der Waals surface area contributed by atoms with Crippen molar-refractivity contribution >= 4 is 33.2 Å². The lowest BCUT2D eigenvalue weighted by Crippen LogP contribution is -2.35. The van der Waals surface area contributed by atoms with Gasteiger partial charge in [-0.05, 0) is 41.5 Å². The molecule has 0 bridgehead atoms. The van der Waals surface area contributed by atoms with Crippen LogP contribution in [0.5, 0.6) is 0 Å². The topological polar surface area (TPSA) is 32.3 Å². The number of likely N-dealkylation sites (N-methyl/N-ethyl adjacent to an activating group) is 1. The van der Waals surface area contributed by atoms with Gasteiger partial charge >= 0.3 is 0 Å². The number of hydrogen-bond donors (Lipinski definition) is 1. The first kappa shape index (κ1) is 14.7. The minimum atomic E-state index is 0.108. The molecule has 0 atom stereocenters. The fourth-order valence-corrected chi connectivity index (χ4v) is 3.03. The Morgan fingerprint density at radius 3 is 2.88 bits per heavy atom. The molecule has 5 heteroatoms. The van der Waals surface area contributed by atoms with Gasteiger partial charge in [0.25, 0.3) is 0 Å². The van der Waals surface area contributed by atoms with Gasteiger partial charge in [0.05, 0.1) is 10.3 Å². The molecule has 1 N–H and O–H groups in total. The van der Waals surface area contributed by atoms with Crippen molar-refractivity contribution in [2.24, 2.45) is 0 Å². The molecule has 3 nitrogen and oxygen atoms in total. The monoisotopic (exact) mass is 318 g/mol. The zero-order valence-electron chi connectivity index (χ0n) is 10.3. The van der Waals surface area contributed by atoms with Gasteiger partial charge in [0.2, 0.25) is 5.91 Å². The highest BCUT2D eigenvalue weighted by molar-refractivity contribution is 9.11. The fraction of sp³-hybridized carbons (Fsp3) is 0.583. The van der Waals surface area contributed by atoms with Crippen LogP contribution < -0.4 is 5.32 Å². The summed E-state index contributed by atoms with van der Waals surface area (Å²) in [5.41, 5.74) is 0. The Kier molecular flexibility index (Phi) is 6.77. The summed E-state index contributed by atoms with van der Waals surface area (Å²) in [6, 6.07) is 4.12. The van der Waals surface area contributed by atoms with Gasteiger partial charge in [-0.25, -0.2) is 0 Å². The second-order valence-electron chi connectivity index (χ2n) is 4.08. The number of rotatable bonds is 7. The highest BCUT2D eigenvalue weighted by atomic mass is 79.9. The third kappa shape index (κ3) is 6.19. The average Bonchev–Trinajstić information content (AvgIpc) is 2.64. The highest BCUT2D eigenvalue weighted by Crippen LogP contribution is 2.22. The van der Waals surface area contributed by atoms with Crippen LogP contribution in [-0.4, -0.2) is 30.9 Å². The number of thiophene rings is 1. The molecule has 1 aromatic rings. The van der Waals surface area contributed by atoms with Crippen molar-refractivity contribution in [3.63, 3.8) is 0 Å². The van der Waals surface area contributed by atoms with Crippen LogP contribution in [0.4, 0.5) is 0 Å². The summed E-state index contributed by atoms with van der Waals surface area (Å²) >= 11 is 5.14. The summed E-state index contributed by atoms with van der Waals surface area (Å²) < 4.78 is 1.13. The zero-order chi connectivity index (χ0) is 12.7. The van der Waals surface area contributed by atoms with E-state index in [4.69, 9.17) is 0 Å². The van der Waals surface area contributed by atoms with E-state index in [1.54, 1.807) is 11.3 Å². The maximum Gasteiger partial charge on any atom is 0.234 e. The Labute approximate surface area is 115 Å². The van der Waals surface area contributed by atoms with Crippen LogP contribution in [0.25, 0.3) is 0 Å². The van der Waals surface area contributed by atoms with Gasteiger partial charge in [0.15, 0.2) is 0 Å². The largest absolute Gasteiger partial charge is 0.355 e. The molecule has 0 spiro atoms. The third-order valence-electron chi connectivity index (χ3n) is 2.32. The molecule has 0 radical (unpaired) electrons. The molecule has 0 fully saturated rings. The van der Waals surface area contributed by atoms with E-state index in [9.17, 15) is 4.79 Å². The molecule has 17 heavy (non-hydrogen) atoms. The molecule has 1 amide bonds. The molecule has 96 valence electrons. The Balaban J connectivity index is 2.24. The molecular formula is C12H19BrN2OS. The van der Waals surface area contributed by atoms with Gasteiger partial charge in [-0.2, -0.15) is 0 Å². The van der Waals surface area contributed by atoms with Gasteiger partial charge in [-0.1, -0.05) is 13.3 Å². The molecule has 0 aromatic carbocycles. The number of hydrogen-bond acceptors (Lipinski definition) is 3. The summed E-state index contributed by atoms with van der Waals surface area (Å²) in [7, 11) is 1.97. The van der Waals surface area contributed by atoms with Crippen LogP contribution in [0.15, 0.2) is 15.9 Å². The fourth-order valence-electron chi connectivity index (χ4n) is 1.46. The standard InChI is InChI=1S/C12H19BrN2OS/c1-3-4-7-14-12(16)9-15(2)8-10-5-6-11(13)17-10/h5-6H,3-4,7-9H2,1-2H3,(H,14,16). The van der Waals surface area contributed by atoms with Gasteiger partial charge in [0.1, 0.15) is 0 Å². The van der Waals surface area contributed by atoms with Crippen LogP contribution in [0.3, 0.4) is 0 Å². The van der Waals surface area contributed by atoms with E-state index in [0.29, 0.717) is 6.54 Å². The molecule has 1 aromatic heterocycles. The normalized spacial score (nSPS) is 10.8. The van der Waals surface area contributed by atoms with Crippen molar-refractivity contribution in [1.29, 1.82) is 0 Å². The van der Waals surface area contributed by atoms with E-state index in [-0.39, 0.29) is 5.91 Å². The van der Waals surface area contributed by atoms with Gasteiger partial charge < -0.3 is 5.32 Å². The van der Waals surface area contributed by atoms with E-state index in [0.717, 1.165) is 29.7 Å². The van der Waals surface area contributed by atoms with E-state index in [2.05, 4.69) is 34.2 Å². The predicted octanol–water partition coefficient (Wildman–Crippen LogP) is 2.86. The van der Waals surface area contributed by atoms with Gasteiger partial charge in [-0.3, -0.25) is 9.69 Å². The maximum absolute atomic E-state index is 11.6. The lowest BCUT2D eigenvalue weighted by Gasteiger charge is -2.15.